The third-order valence-electron chi connectivity index (χ3n) is 4.04. The molecule has 1 heterocycles. The zero-order valence-electron chi connectivity index (χ0n) is 14.4. The second kappa shape index (κ2) is 7.87. The number of methoxy groups -OCH3 is 2. The zero-order valence-corrected chi connectivity index (χ0v) is 14.4. The van der Waals surface area contributed by atoms with E-state index in [2.05, 4.69) is 5.32 Å². The average Bonchev–Trinajstić information content (AvgIpc) is 2.95. The van der Waals surface area contributed by atoms with Gasteiger partial charge in [0.25, 0.3) is 0 Å². The van der Waals surface area contributed by atoms with Gasteiger partial charge in [0.2, 0.25) is 11.8 Å². The summed E-state index contributed by atoms with van der Waals surface area (Å²) in [5.74, 6) is -0.945. The van der Waals surface area contributed by atoms with Gasteiger partial charge in [0.05, 0.1) is 32.2 Å². The molecule has 136 valence electrons. The summed E-state index contributed by atoms with van der Waals surface area (Å²) in [4.78, 5) is 36.8. The van der Waals surface area contributed by atoms with Crippen LogP contribution >= 0.6 is 0 Å². The molecule has 1 aromatic carbocycles. The number of aliphatic carboxylic acids is 1. The van der Waals surface area contributed by atoms with E-state index in [-0.39, 0.29) is 31.2 Å². The first-order valence-electron chi connectivity index (χ1n) is 7.90. The van der Waals surface area contributed by atoms with Crippen molar-refractivity contribution in [3.8, 4) is 11.5 Å². The lowest BCUT2D eigenvalue weighted by atomic mass is 10.1. The van der Waals surface area contributed by atoms with Gasteiger partial charge in [0.1, 0.15) is 11.5 Å². The highest BCUT2D eigenvalue weighted by Gasteiger charge is 2.36. The molecule has 2 atom stereocenters. The van der Waals surface area contributed by atoms with Crippen LogP contribution in [0.1, 0.15) is 19.8 Å². The standard InChI is InChI=1S/C17H22N2O6/c1-10(6-16(21)22)18-17(23)11-7-15(20)19(9-11)13-5-4-12(24-2)8-14(13)25-3/h4-5,8,10-11H,6-7,9H2,1-3H3,(H,18,23)(H,21,22). The Morgan fingerprint density at radius 1 is 1.36 bits per heavy atom. The van der Waals surface area contributed by atoms with Crippen LogP contribution in [-0.2, 0) is 14.4 Å². The third-order valence-corrected chi connectivity index (χ3v) is 4.04. The summed E-state index contributed by atoms with van der Waals surface area (Å²) in [6.45, 7) is 1.83. The fourth-order valence-corrected chi connectivity index (χ4v) is 2.80. The molecule has 0 bridgehead atoms. The van der Waals surface area contributed by atoms with Crippen molar-refractivity contribution in [3.05, 3.63) is 18.2 Å². The van der Waals surface area contributed by atoms with Crippen LogP contribution in [0.2, 0.25) is 0 Å². The van der Waals surface area contributed by atoms with Crippen molar-refractivity contribution in [2.24, 2.45) is 5.92 Å². The van der Waals surface area contributed by atoms with Gasteiger partial charge < -0.3 is 24.8 Å². The summed E-state index contributed by atoms with van der Waals surface area (Å²) in [6.07, 6.45) is -0.0940. The van der Waals surface area contributed by atoms with E-state index in [1.807, 2.05) is 0 Å². The number of carboxylic acids is 1. The number of amides is 2. The Hall–Kier alpha value is -2.77. The van der Waals surface area contributed by atoms with Gasteiger partial charge in [0.15, 0.2) is 0 Å². The molecule has 0 aliphatic carbocycles. The van der Waals surface area contributed by atoms with Gasteiger partial charge in [-0.25, -0.2) is 0 Å². The number of nitrogens with one attached hydrogen (secondary N) is 1. The van der Waals surface area contributed by atoms with Crippen LogP contribution in [0.3, 0.4) is 0 Å². The van der Waals surface area contributed by atoms with Gasteiger partial charge in [-0.05, 0) is 19.1 Å². The molecule has 1 saturated heterocycles. The van der Waals surface area contributed by atoms with Gasteiger partial charge in [-0.1, -0.05) is 0 Å². The Bertz CT molecular complexity index is 675. The molecule has 1 fully saturated rings. The van der Waals surface area contributed by atoms with E-state index in [1.54, 1.807) is 25.1 Å². The van der Waals surface area contributed by atoms with Crippen molar-refractivity contribution in [2.75, 3.05) is 25.7 Å². The maximum absolute atomic E-state index is 12.3. The third kappa shape index (κ3) is 4.40. The van der Waals surface area contributed by atoms with Gasteiger partial charge in [-0.15, -0.1) is 0 Å². The first-order valence-corrected chi connectivity index (χ1v) is 7.90. The van der Waals surface area contributed by atoms with E-state index >= 15 is 0 Å². The molecule has 8 nitrogen and oxygen atoms in total. The van der Waals surface area contributed by atoms with Crippen molar-refractivity contribution >= 4 is 23.5 Å². The van der Waals surface area contributed by atoms with Crippen LogP contribution in [0.25, 0.3) is 0 Å². The monoisotopic (exact) mass is 350 g/mol. The number of hydrogen-bond donors (Lipinski definition) is 2. The summed E-state index contributed by atoms with van der Waals surface area (Å²) in [5.41, 5.74) is 0.571. The second-order valence-electron chi connectivity index (χ2n) is 5.95. The van der Waals surface area contributed by atoms with E-state index in [1.165, 1.54) is 19.1 Å². The molecule has 2 amide bonds. The maximum atomic E-state index is 12.3. The molecule has 2 N–H and O–H groups in total. The van der Waals surface area contributed by atoms with E-state index in [9.17, 15) is 14.4 Å². The predicted octanol–water partition coefficient (Wildman–Crippen LogP) is 1.04. The number of carboxylic acid groups (broad SMARTS) is 1. The lowest BCUT2D eigenvalue weighted by Gasteiger charge is -2.20. The average molecular weight is 350 g/mol. The van der Waals surface area contributed by atoms with Crippen LogP contribution in [0.4, 0.5) is 5.69 Å². The summed E-state index contributed by atoms with van der Waals surface area (Å²) < 4.78 is 10.5. The summed E-state index contributed by atoms with van der Waals surface area (Å²) in [5, 5.41) is 11.4. The molecule has 1 aromatic rings. The molecule has 1 aliphatic rings. The summed E-state index contributed by atoms with van der Waals surface area (Å²) in [7, 11) is 3.03. The van der Waals surface area contributed by atoms with Crippen LogP contribution in [0.5, 0.6) is 11.5 Å². The van der Waals surface area contributed by atoms with Crippen LogP contribution in [0.15, 0.2) is 18.2 Å². The Kier molecular flexibility index (Phi) is 5.84. The summed E-state index contributed by atoms with van der Waals surface area (Å²) in [6, 6.07) is 4.60. The van der Waals surface area contributed by atoms with Crippen molar-refractivity contribution in [3.63, 3.8) is 0 Å². The highest BCUT2D eigenvalue weighted by atomic mass is 16.5. The van der Waals surface area contributed by atoms with Crippen LogP contribution < -0.4 is 19.7 Å². The number of benzene rings is 1. The van der Waals surface area contributed by atoms with Crippen molar-refractivity contribution < 1.29 is 29.0 Å². The molecule has 2 unspecified atom stereocenters. The maximum Gasteiger partial charge on any atom is 0.305 e. The molecule has 8 heteroatoms. The smallest absolute Gasteiger partial charge is 0.305 e. The van der Waals surface area contributed by atoms with Crippen molar-refractivity contribution in [1.29, 1.82) is 0 Å². The number of carbonyl (C=O) groups is 3. The Balaban J connectivity index is 2.10. The molecule has 0 aromatic heterocycles. The van der Waals surface area contributed by atoms with Crippen molar-refractivity contribution in [1.82, 2.24) is 5.32 Å². The number of carbonyl (C=O) groups excluding carboxylic acids is 2. The number of ether oxygens (including phenoxy) is 2. The van der Waals surface area contributed by atoms with Crippen LogP contribution in [-0.4, -0.2) is 49.7 Å². The first kappa shape index (κ1) is 18.6. The highest BCUT2D eigenvalue weighted by molar-refractivity contribution is 6.01. The zero-order chi connectivity index (χ0) is 18.6. The highest BCUT2D eigenvalue weighted by Crippen LogP contribution is 2.35. The lowest BCUT2D eigenvalue weighted by molar-refractivity contribution is -0.137. The fraction of sp³-hybridized carbons (Fsp3) is 0.471. The molecule has 0 saturated carbocycles. The lowest BCUT2D eigenvalue weighted by Crippen LogP contribution is -2.39. The minimum atomic E-state index is -0.986. The minimum absolute atomic E-state index is 0.0702. The van der Waals surface area contributed by atoms with E-state index in [0.717, 1.165) is 0 Å². The number of hydrogen-bond acceptors (Lipinski definition) is 5. The normalized spacial score (nSPS) is 18.0. The van der Waals surface area contributed by atoms with Gasteiger partial charge in [0, 0.05) is 25.1 Å². The SMILES string of the molecule is COc1ccc(N2CC(C(=O)NC(C)CC(=O)O)CC2=O)c(OC)c1. The van der Waals surface area contributed by atoms with E-state index in [0.29, 0.717) is 17.2 Å². The minimum Gasteiger partial charge on any atom is -0.497 e. The number of nitrogens with zero attached hydrogens (tertiary/aromatic N) is 1. The molecule has 0 radical (unpaired) electrons. The Morgan fingerprint density at radius 2 is 2.08 bits per heavy atom. The quantitative estimate of drug-likeness (QED) is 0.761. The Labute approximate surface area is 145 Å². The molecular weight excluding hydrogens is 328 g/mol. The van der Waals surface area contributed by atoms with E-state index < -0.39 is 17.9 Å². The molecule has 1 aliphatic heterocycles. The van der Waals surface area contributed by atoms with Crippen molar-refractivity contribution in [2.45, 2.75) is 25.8 Å². The Morgan fingerprint density at radius 3 is 2.68 bits per heavy atom. The van der Waals surface area contributed by atoms with Crippen LogP contribution in [0, 0.1) is 5.92 Å². The topological polar surface area (TPSA) is 105 Å². The van der Waals surface area contributed by atoms with Gasteiger partial charge in [-0.3, -0.25) is 14.4 Å². The second-order valence-corrected chi connectivity index (χ2v) is 5.95. The fourth-order valence-electron chi connectivity index (χ4n) is 2.80. The summed E-state index contributed by atoms with van der Waals surface area (Å²) >= 11 is 0. The number of anilines is 1. The largest absolute Gasteiger partial charge is 0.497 e. The number of rotatable bonds is 7. The molecular formula is C17H22N2O6. The van der Waals surface area contributed by atoms with E-state index in [4.69, 9.17) is 14.6 Å². The molecule has 25 heavy (non-hydrogen) atoms. The molecule has 2 rings (SSSR count). The van der Waals surface area contributed by atoms with Gasteiger partial charge >= 0.3 is 5.97 Å². The first-order chi connectivity index (χ1) is 11.8. The molecule has 0 spiro atoms. The van der Waals surface area contributed by atoms with Gasteiger partial charge in [-0.2, -0.15) is 0 Å². The predicted molar refractivity (Wildman–Crippen MR) is 89.9 cm³/mol.